The molecule has 3 aliphatic carbocycles. The zero-order valence-electron chi connectivity index (χ0n) is 64.0. The van der Waals surface area contributed by atoms with Gasteiger partial charge in [-0.25, -0.2) is 0 Å². The Labute approximate surface area is 616 Å². The van der Waals surface area contributed by atoms with Gasteiger partial charge in [-0.15, -0.1) is 0 Å². The van der Waals surface area contributed by atoms with E-state index in [2.05, 4.69) is 39.8 Å². The van der Waals surface area contributed by atoms with Crippen molar-refractivity contribution in [2.75, 3.05) is 6.61 Å². The van der Waals surface area contributed by atoms with Crippen molar-refractivity contribution in [1.29, 1.82) is 0 Å². The zero-order chi connectivity index (χ0) is 76.9. The van der Waals surface area contributed by atoms with Crippen molar-refractivity contribution in [2.45, 2.75) is 317 Å². The van der Waals surface area contributed by atoms with Crippen LogP contribution in [-0.4, -0.2) is 53.9 Å². The number of hydrogen-bond donors (Lipinski definition) is 3. The van der Waals surface area contributed by atoms with Gasteiger partial charge in [0.25, 0.3) is 40.5 Å². The maximum absolute atomic E-state index is 13.7. The summed E-state index contributed by atoms with van der Waals surface area (Å²) in [6.45, 7) is 32.9. The molecule has 13 nitrogen and oxygen atoms in total. The number of alkyl halides is 3. The van der Waals surface area contributed by atoms with Gasteiger partial charge in [-0.3, -0.25) is 17.8 Å². The molecule has 3 saturated carbocycles. The van der Waals surface area contributed by atoms with Gasteiger partial charge in [0.1, 0.15) is 31.4 Å². The number of hydrogen-bond acceptors (Lipinski definition) is 10. The average Bonchev–Trinajstić information content (AvgIpc) is 0.778. The van der Waals surface area contributed by atoms with Gasteiger partial charge in [0.15, 0.2) is 0 Å². The highest BCUT2D eigenvalue weighted by Gasteiger charge is 2.35. The lowest BCUT2D eigenvalue weighted by atomic mass is 9.76. The third-order valence-electron chi connectivity index (χ3n) is 20.3. The molecule has 0 radical (unpaired) electrons. The molecule has 3 aliphatic rings. The molecule has 572 valence electrons. The highest BCUT2D eigenvalue weighted by molar-refractivity contribution is 7.87. The van der Waals surface area contributed by atoms with Crippen LogP contribution in [0.5, 0.6) is 5.75 Å². The lowest BCUT2D eigenvalue weighted by Crippen LogP contribution is -2.18. The Bertz CT molecular complexity index is 4110. The molecule has 6 aromatic carbocycles. The Morgan fingerprint density at radius 2 is 0.757 bits per heavy atom. The molecule has 6 aromatic rings. The highest BCUT2D eigenvalue weighted by Crippen LogP contribution is 2.47. The fourth-order valence-electron chi connectivity index (χ4n) is 14.7. The van der Waals surface area contributed by atoms with Crippen molar-refractivity contribution < 1.29 is 69.4 Å². The number of rotatable bonds is 22. The van der Waals surface area contributed by atoms with Crippen molar-refractivity contribution in [3.8, 4) is 5.75 Å². The fraction of sp³-hybridized carbons (Fsp3) is 0.566. The molecule has 0 bridgehead atoms. The third kappa shape index (κ3) is 24.0. The summed E-state index contributed by atoms with van der Waals surface area (Å²) in [5.74, 6) is 1.89. The number of halogens is 3. The Morgan fingerprint density at radius 3 is 1.11 bits per heavy atom. The summed E-state index contributed by atoms with van der Waals surface area (Å²) in [6, 6.07) is 30.0. The molecule has 0 amide bonds. The first-order valence-electron chi connectivity index (χ1n) is 37.3. The second kappa shape index (κ2) is 37.4. The van der Waals surface area contributed by atoms with Crippen LogP contribution in [0.4, 0.5) is 13.2 Å². The van der Waals surface area contributed by atoms with Gasteiger partial charge in [-0.1, -0.05) is 253 Å². The normalized spacial score (nSPS) is 15.9. The summed E-state index contributed by atoms with van der Waals surface area (Å²) in [6.07, 6.45) is 12.6. The fourth-order valence-corrected chi connectivity index (χ4v) is 19.7. The second-order valence-corrected chi connectivity index (χ2v) is 36.8. The summed E-state index contributed by atoms with van der Waals surface area (Å²) < 4.78 is 180. The van der Waals surface area contributed by atoms with E-state index >= 15 is 0 Å². The van der Waals surface area contributed by atoms with Crippen molar-refractivity contribution in [1.82, 2.24) is 0 Å². The standard InChI is InChI=1S/C32H39F3O4S.C24H36O3S.C15H24O3S.C12H18O3S/c1-20(2)25-17-28(21(3)4)31(29(18-25)22(5)6)40(36,37)38-14-13-30(24-11-9-8-10-12-24)39-27-16-23(7)15-26(19-27)32(33,34)35;25-28(26,27)24-22(19-12-6-2-7-13-19)16-21(18-10-4-1-5-11-18)17-23(24)20-14-8-3-9-15-20;1-9(2)12-7-13(10(3)4)15(19(16,17)18)14(8-12)11(5)6;1-8(2)10-6-5-7-11(9(3)4)12(10)16(13,14)15/h8-12,15-22,30H,13-14H2,1-7H3;16-20H,1-15H2,(H,25,26,27);7-11H,1-6H3,(H,16,17,18);5-9H,1-4H3,(H,13,14,15). The van der Waals surface area contributed by atoms with Crippen LogP contribution in [0.15, 0.2) is 123 Å². The predicted octanol–water partition coefficient (Wildman–Crippen LogP) is 23.9. The van der Waals surface area contributed by atoms with Gasteiger partial charge < -0.3 is 4.74 Å². The summed E-state index contributed by atoms with van der Waals surface area (Å²) >= 11 is 0. The Balaban J connectivity index is 0.000000230. The van der Waals surface area contributed by atoms with E-state index in [9.17, 15) is 60.5 Å². The largest absolute Gasteiger partial charge is 0.486 e. The van der Waals surface area contributed by atoms with Gasteiger partial charge in [0, 0.05) is 6.42 Å². The Kier molecular flexibility index (Phi) is 31.4. The smallest absolute Gasteiger partial charge is 0.416 e. The van der Waals surface area contributed by atoms with Crippen LogP contribution in [0.3, 0.4) is 0 Å². The molecule has 0 spiro atoms. The van der Waals surface area contributed by atoms with Crippen molar-refractivity contribution >= 4 is 40.5 Å². The van der Waals surface area contributed by atoms with E-state index in [4.69, 9.17) is 8.92 Å². The molecule has 0 aromatic heterocycles. The van der Waals surface area contributed by atoms with Gasteiger partial charge in [-0.2, -0.15) is 46.8 Å². The monoisotopic (exact) mass is 1510 g/mol. The summed E-state index contributed by atoms with van der Waals surface area (Å²) in [5, 5.41) is 0. The van der Waals surface area contributed by atoms with E-state index in [0.717, 1.165) is 60.1 Å². The summed E-state index contributed by atoms with van der Waals surface area (Å²) in [4.78, 5) is 0.681. The van der Waals surface area contributed by atoms with Gasteiger partial charge in [0.2, 0.25) is 0 Å². The first-order valence-corrected chi connectivity index (χ1v) is 43.0. The predicted molar refractivity (Wildman–Crippen MR) is 409 cm³/mol. The molecule has 1 atom stereocenters. The molecule has 3 fully saturated rings. The van der Waals surface area contributed by atoms with Gasteiger partial charge in [0.05, 0.1) is 12.2 Å². The van der Waals surface area contributed by atoms with Crippen molar-refractivity contribution in [2.24, 2.45) is 0 Å². The van der Waals surface area contributed by atoms with E-state index in [1.54, 1.807) is 43.3 Å². The van der Waals surface area contributed by atoms with Crippen LogP contribution in [0.25, 0.3) is 0 Å². The molecule has 20 heteroatoms. The maximum Gasteiger partial charge on any atom is 0.416 e. The van der Waals surface area contributed by atoms with Crippen molar-refractivity contribution in [3.63, 3.8) is 0 Å². The zero-order valence-corrected chi connectivity index (χ0v) is 67.2. The number of benzene rings is 6. The van der Waals surface area contributed by atoms with Gasteiger partial charge in [-0.05, 0) is 201 Å². The molecular weight excluding hydrogens is 1390 g/mol. The Morgan fingerprint density at radius 1 is 0.398 bits per heavy atom. The second-order valence-electron chi connectivity index (χ2n) is 31.1. The Hall–Kier alpha value is -5.45. The van der Waals surface area contributed by atoms with E-state index in [1.807, 2.05) is 119 Å². The third-order valence-corrected chi connectivity index (χ3v) is 24.7. The first-order chi connectivity index (χ1) is 47.9. The minimum Gasteiger partial charge on any atom is -0.486 e. The molecule has 0 saturated heterocycles. The summed E-state index contributed by atoms with van der Waals surface area (Å²) in [7, 11) is -16.7. The molecule has 3 N–H and O–H groups in total. The molecular formula is C83H117F3O13S4. The van der Waals surface area contributed by atoms with Crippen LogP contribution in [-0.2, 0) is 50.8 Å². The molecule has 9 rings (SSSR count). The van der Waals surface area contributed by atoms with Crippen LogP contribution >= 0.6 is 0 Å². The molecule has 0 aliphatic heterocycles. The van der Waals surface area contributed by atoms with E-state index in [1.165, 1.54) is 82.3 Å². The molecule has 0 heterocycles. The van der Waals surface area contributed by atoms with E-state index in [-0.39, 0.29) is 86.7 Å². The minimum atomic E-state index is -4.52. The van der Waals surface area contributed by atoms with Crippen LogP contribution in [0, 0.1) is 6.92 Å². The minimum absolute atomic E-state index is 0.0471. The van der Waals surface area contributed by atoms with E-state index < -0.39 is 58.3 Å². The van der Waals surface area contributed by atoms with Crippen molar-refractivity contribution in [3.05, 3.63) is 181 Å². The first kappa shape index (κ1) is 86.5. The molecule has 1 unspecified atom stereocenters. The number of aryl methyl sites for hydroxylation is 1. The lowest BCUT2D eigenvalue weighted by molar-refractivity contribution is -0.137. The maximum atomic E-state index is 13.7. The van der Waals surface area contributed by atoms with E-state index in [0.29, 0.717) is 61.2 Å². The van der Waals surface area contributed by atoms with Crippen LogP contribution in [0.1, 0.15) is 363 Å². The van der Waals surface area contributed by atoms with Crippen LogP contribution in [0.2, 0.25) is 0 Å². The lowest BCUT2D eigenvalue weighted by Gasteiger charge is -2.31. The quantitative estimate of drug-likeness (QED) is 0.0426. The van der Waals surface area contributed by atoms with Gasteiger partial charge >= 0.3 is 6.18 Å². The van der Waals surface area contributed by atoms with Crippen LogP contribution < -0.4 is 4.74 Å². The summed E-state index contributed by atoms with van der Waals surface area (Å²) in [5.41, 5.74) is 9.92. The SMILES string of the molecule is CC(C)c1cc(C(C)C)c(S(=O)(=O)O)c(C(C)C)c1.CC(C)c1cccc(C(C)C)c1S(=O)(=O)O.Cc1cc(OC(CCOS(=O)(=O)c2c(C(C)C)cc(C(C)C)cc2C(C)C)c2ccccc2)cc(C(F)(F)F)c1.O=S(=O)(O)c1c(C2CCCCC2)cc(C2CCCCC2)cc1C1CCCCC1. The topological polar surface area (TPSA) is 216 Å². The number of ether oxygens (including phenoxy) is 1. The molecule has 103 heavy (non-hydrogen) atoms. The average molecular weight is 1510 g/mol. The highest BCUT2D eigenvalue weighted by atomic mass is 32.2.